The largest absolute Gasteiger partial charge is 0.491 e. The Morgan fingerprint density at radius 1 is 1.50 bits per heavy atom. The Balaban J connectivity index is 1.96. The number of nitrogens with one attached hydrogen (secondary N) is 1. The van der Waals surface area contributed by atoms with Crippen LogP contribution in [0.2, 0.25) is 0 Å². The molecule has 1 heterocycles. The molecule has 1 aromatic carbocycles. The fourth-order valence-electron chi connectivity index (χ4n) is 2.39. The molecule has 0 aromatic heterocycles. The lowest BCUT2D eigenvalue weighted by atomic mass is 10.2. The topological polar surface area (TPSA) is 24.5 Å². The molecule has 18 heavy (non-hydrogen) atoms. The molecule has 0 amide bonds. The van der Waals surface area contributed by atoms with Crippen LogP contribution in [0.3, 0.4) is 0 Å². The first kappa shape index (κ1) is 13.3. The summed E-state index contributed by atoms with van der Waals surface area (Å²) in [6.07, 6.45) is 1.16. The van der Waals surface area contributed by atoms with Crippen molar-refractivity contribution in [3.63, 3.8) is 0 Å². The van der Waals surface area contributed by atoms with Crippen LogP contribution in [-0.4, -0.2) is 37.7 Å². The maximum absolute atomic E-state index is 13.7. The van der Waals surface area contributed by atoms with Crippen molar-refractivity contribution in [3.8, 4) is 5.75 Å². The third kappa shape index (κ3) is 3.21. The van der Waals surface area contributed by atoms with Crippen LogP contribution in [0.4, 0.5) is 4.39 Å². The smallest absolute Gasteiger partial charge is 0.165 e. The SMILES string of the molecule is CCOc1ccc(CN2CCC(NC)C2)cc1F. The van der Waals surface area contributed by atoms with E-state index < -0.39 is 0 Å². The van der Waals surface area contributed by atoms with Crippen molar-refractivity contribution in [1.29, 1.82) is 0 Å². The molecule has 1 saturated heterocycles. The van der Waals surface area contributed by atoms with Crippen LogP contribution >= 0.6 is 0 Å². The van der Waals surface area contributed by atoms with Gasteiger partial charge in [-0.25, -0.2) is 4.39 Å². The Bertz CT molecular complexity index is 397. The summed E-state index contributed by atoms with van der Waals surface area (Å²) in [5, 5.41) is 3.28. The number of nitrogens with zero attached hydrogens (tertiary/aromatic N) is 1. The Labute approximate surface area is 108 Å². The van der Waals surface area contributed by atoms with Crippen molar-refractivity contribution in [2.24, 2.45) is 0 Å². The zero-order valence-corrected chi connectivity index (χ0v) is 11.1. The minimum atomic E-state index is -0.265. The molecule has 1 N–H and O–H groups in total. The third-order valence-electron chi connectivity index (χ3n) is 3.38. The predicted octanol–water partition coefficient (Wildman–Crippen LogP) is 2.02. The molecule has 1 aliphatic rings. The van der Waals surface area contributed by atoms with Gasteiger partial charge in [0.2, 0.25) is 0 Å². The average Bonchev–Trinajstić information content (AvgIpc) is 2.80. The van der Waals surface area contributed by atoms with Crippen LogP contribution in [0.5, 0.6) is 5.75 Å². The number of halogens is 1. The number of likely N-dealkylation sites (tertiary alicyclic amines) is 1. The average molecular weight is 252 g/mol. The van der Waals surface area contributed by atoms with Crippen LogP contribution in [0, 0.1) is 5.82 Å². The highest BCUT2D eigenvalue weighted by molar-refractivity contribution is 5.29. The van der Waals surface area contributed by atoms with Gasteiger partial charge in [0.15, 0.2) is 11.6 Å². The van der Waals surface area contributed by atoms with Gasteiger partial charge in [-0.15, -0.1) is 0 Å². The van der Waals surface area contributed by atoms with Gasteiger partial charge in [0.1, 0.15) is 0 Å². The van der Waals surface area contributed by atoms with E-state index in [4.69, 9.17) is 4.74 Å². The summed E-state index contributed by atoms with van der Waals surface area (Å²) in [5.74, 6) is 0.0782. The zero-order chi connectivity index (χ0) is 13.0. The maximum Gasteiger partial charge on any atom is 0.165 e. The van der Waals surface area contributed by atoms with Crippen LogP contribution in [0.1, 0.15) is 18.9 Å². The van der Waals surface area contributed by atoms with Gasteiger partial charge in [-0.1, -0.05) is 6.07 Å². The van der Waals surface area contributed by atoms with Crippen LogP contribution in [0.25, 0.3) is 0 Å². The summed E-state index contributed by atoms with van der Waals surface area (Å²) in [7, 11) is 1.99. The highest BCUT2D eigenvalue weighted by Crippen LogP contribution is 2.20. The predicted molar refractivity (Wildman–Crippen MR) is 70.3 cm³/mol. The fraction of sp³-hybridized carbons (Fsp3) is 0.571. The van der Waals surface area contributed by atoms with E-state index >= 15 is 0 Å². The fourth-order valence-corrected chi connectivity index (χ4v) is 2.39. The van der Waals surface area contributed by atoms with Crippen molar-refractivity contribution < 1.29 is 9.13 Å². The molecule has 0 radical (unpaired) electrons. The van der Waals surface area contributed by atoms with Crippen molar-refractivity contribution in [2.45, 2.75) is 25.9 Å². The minimum Gasteiger partial charge on any atom is -0.491 e. The van der Waals surface area contributed by atoms with Crippen molar-refractivity contribution in [1.82, 2.24) is 10.2 Å². The second kappa shape index (κ2) is 6.16. The first-order valence-corrected chi connectivity index (χ1v) is 6.53. The van der Waals surface area contributed by atoms with E-state index in [0.717, 1.165) is 31.6 Å². The summed E-state index contributed by atoms with van der Waals surface area (Å²) < 4.78 is 18.9. The van der Waals surface area contributed by atoms with Gasteiger partial charge in [-0.3, -0.25) is 4.90 Å². The highest BCUT2D eigenvalue weighted by atomic mass is 19.1. The lowest BCUT2D eigenvalue weighted by Crippen LogP contribution is -2.29. The van der Waals surface area contributed by atoms with Gasteiger partial charge >= 0.3 is 0 Å². The van der Waals surface area contributed by atoms with Gasteiger partial charge in [0, 0.05) is 25.7 Å². The van der Waals surface area contributed by atoms with Crippen molar-refractivity contribution >= 4 is 0 Å². The van der Waals surface area contributed by atoms with Crippen molar-refractivity contribution in [3.05, 3.63) is 29.6 Å². The summed E-state index contributed by atoms with van der Waals surface area (Å²) in [6.45, 7) is 5.26. The number of hydrogen-bond donors (Lipinski definition) is 1. The summed E-state index contributed by atoms with van der Waals surface area (Å²) in [4.78, 5) is 2.34. The standard InChI is InChI=1S/C14H21FN2O/c1-3-18-14-5-4-11(8-13(14)15)9-17-7-6-12(10-17)16-2/h4-5,8,12,16H,3,6-7,9-10H2,1-2H3. The van der Waals surface area contributed by atoms with Crippen LogP contribution in [-0.2, 0) is 6.54 Å². The minimum absolute atomic E-state index is 0.265. The highest BCUT2D eigenvalue weighted by Gasteiger charge is 2.20. The normalized spacial score (nSPS) is 20.3. The first-order valence-electron chi connectivity index (χ1n) is 6.53. The number of likely N-dealkylation sites (N-methyl/N-ethyl adjacent to an activating group) is 1. The number of rotatable bonds is 5. The molecule has 1 atom stereocenters. The molecule has 1 fully saturated rings. The van der Waals surface area contributed by atoms with E-state index in [9.17, 15) is 4.39 Å². The van der Waals surface area contributed by atoms with Gasteiger partial charge in [-0.05, 0) is 38.1 Å². The zero-order valence-electron chi connectivity index (χ0n) is 11.1. The molecule has 2 rings (SSSR count). The molecule has 0 aliphatic carbocycles. The molecule has 1 aliphatic heterocycles. The Hall–Kier alpha value is -1.13. The van der Waals surface area contributed by atoms with E-state index in [1.165, 1.54) is 0 Å². The van der Waals surface area contributed by atoms with Gasteiger partial charge < -0.3 is 10.1 Å². The Morgan fingerprint density at radius 2 is 2.33 bits per heavy atom. The second-order valence-electron chi connectivity index (χ2n) is 4.71. The molecule has 0 saturated carbocycles. The summed E-state index contributed by atoms with van der Waals surface area (Å²) in [6, 6.07) is 5.82. The third-order valence-corrected chi connectivity index (χ3v) is 3.38. The van der Waals surface area contributed by atoms with E-state index in [1.54, 1.807) is 12.1 Å². The molecular formula is C14H21FN2O. The molecule has 3 nitrogen and oxygen atoms in total. The quantitative estimate of drug-likeness (QED) is 0.867. The van der Waals surface area contributed by atoms with Crippen LogP contribution in [0.15, 0.2) is 18.2 Å². The molecule has 1 aromatic rings. The Morgan fingerprint density at radius 3 is 2.94 bits per heavy atom. The van der Waals surface area contributed by atoms with Crippen LogP contribution < -0.4 is 10.1 Å². The molecular weight excluding hydrogens is 231 g/mol. The van der Waals surface area contributed by atoms with E-state index in [0.29, 0.717) is 18.4 Å². The molecule has 100 valence electrons. The maximum atomic E-state index is 13.7. The number of ether oxygens (including phenoxy) is 1. The van der Waals surface area contributed by atoms with Crippen molar-refractivity contribution in [2.75, 3.05) is 26.7 Å². The monoisotopic (exact) mass is 252 g/mol. The van der Waals surface area contributed by atoms with Gasteiger partial charge in [-0.2, -0.15) is 0 Å². The first-order chi connectivity index (χ1) is 8.72. The van der Waals surface area contributed by atoms with Gasteiger partial charge in [0.25, 0.3) is 0 Å². The molecule has 1 unspecified atom stereocenters. The lowest BCUT2D eigenvalue weighted by molar-refractivity contribution is 0.314. The summed E-state index contributed by atoms with van der Waals surface area (Å²) in [5.41, 5.74) is 1.01. The Kier molecular flexibility index (Phi) is 4.55. The van der Waals surface area contributed by atoms with E-state index in [1.807, 2.05) is 20.0 Å². The molecule has 4 heteroatoms. The number of benzene rings is 1. The summed E-state index contributed by atoms with van der Waals surface area (Å²) >= 11 is 0. The van der Waals surface area contributed by atoms with E-state index in [-0.39, 0.29) is 5.82 Å². The lowest BCUT2D eigenvalue weighted by Gasteiger charge is -2.16. The second-order valence-corrected chi connectivity index (χ2v) is 4.71. The van der Waals surface area contributed by atoms with Gasteiger partial charge in [0.05, 0.1) is 6.61 Å². The molecule has 0 bridgehead atoms. The molecule has 0 spiro atoms. The van der Waals surface area contributed by atoms with E-state index in [2.05, 4.69) is 10.2 Å². The number of hydrogen-bond acceptors (Lipinski definition) is 3.